The highest BCUT2D eigenvalue weighted by Gasteiger charge is 2.28. The van der Waals surface area contributed by atoms with Crippen LogP contribution in [0.4, 0.5) is 0 Å². The van der Waals surface area contributed by atoms with Gasteiger partial charge in [0.2, 0.25) is 5.91 Å². The van der Waals surface area contributed by atoms with E-state index in [2.05, 4.69) is 21.2 Å². The number of nitrogens with one attached hydrogen (secondary N) is 1. The van der Waals surface area contributed by atoms with E-state index in [1.165, 1.54) is 0 Å². The number of nitrogens with two attached hydrogens (primary N) is 1. The summed E-state index contributed by atoms with van der Waals surface area (Å²) in [7, 11) is 0. The number of carbonyl (C=O) groups is 1. The fourth-order valence-corrected chi connectivity index (χ4v) is 1.92. The summed E-state index contributed by atoms with van der Waals surface area (Å²) < 4.78 is 1.04. The number of amides is 1. The van der Waals surface area contributed by atoms with Crippen molar-refractivity contribution >= 4 is 21.8 Å². The number of halogens is 1. The molecule has 3 N–H and O–H groups in total. The molecule has 0 heterocycles. The van der Waals surface area contributed by atoms with E-state index >= 15 is 0 Å². The Morgan fingerprint density at radius 1 is 1.35 bits per heavy atom. The van der Waals surface area contributed by atoms with Gasteiger partial charge in [-0.1, -0.05) is 48.8 Å². The smallest absolute Gasteiger partial charge is 0.235 e. The van der Waals surface area contributed by atoms with Crippen molar-refractivity contribution in [3.8, 4) is 0 Å². The second-order valence-corrected chi connectivity index (χ2v) is 6.12. The molecule has 1 unspecified atom stereocenters. The van der Waals surface area contributed by atoms with Crippen LogP contribution in [0.2, 0.25) is 0 Å². The van der Waals surface area contributed by atoms with E-state index in [1.807, 2.05) is 45.0 Å². The first-order chi connectivity index (χ1) is 7.80. The van der Waals surface area contributed by atoms with Gasteiger partial charge in [-0.15, -0.1) is 0 Å². The fraction of sp³-hybridized carbons (Fsp3) is 0.462. The van der Waals surface area contributed by atoms with Crippen LogP contribution in [0.15, 0.2) is 28.7 Å². The number of primary amides is 1. The van der Waals surface area contributed by atoms with Crippen LogP contribution in [0.25, 0.3) is 0 Å². The van der Waals surface area contributed by atoms with Crippen molar-refractivity contribution in [2.24, 2.45) is 11.1 Å². The Kier molecular flexibility index (Phi) is 4.71. The van der Waals surface area contributed by atoms with Gasteiger partial charge in [0.05, 0.1) is 6.04 Å². The largest absolute Gasteiger partial charge is 0.368 e. The molecule has 1 atom stereocenters. The zero-order chi connectivity index (χ0) is 13.1. The maximum absolute atomic E-state index is 11.4. The molecule has 0 saturated heterocycles. The lowest BCUT2D eigenvalue weighted by Crippen LogP contribution is -2.49. The third-order valence-corrected chi connectivity index (χ3v) is 3.10. The third kappa shape index (κ3) is 4.48. The van der Waals surface area contributed by atoms with E-state index in [0.717, 1.165) is 10.0 Å². The van der Waals surface area contributed by atoms with E-state index in [9.17, 15) is 4.79 Å². The van der Waals surface area contributed by atoms with Crippen LogP contribution in [0.5, 0.6) is 0 Å². The quantitative estimate of drug-likeness (QED) is 0.897. The Bertz CT molecular complexity index is 381. The van der Waals surface area contributed by atoms with Crippen molar-refractivity contribution in [2.45, 2.75) is 33.4 Å². The molecule has 1 aromatic rings. The molecule has 0 aliphatic heterocycles. The van der Waals surface area contributed by atoms with Gasteiger partial charge in [0.15, 0.2) is 0 Å². The first-order valence-corrected chi connectivity index (χ1v) is 6.37. The average Bonchev–Trinajstić information content (AvgIpc) is 2.18. The molecule has 1 aromatic carbocycles. The first-order valence-electron chi connectivity index (χ1n) is 5.58. The Balaban J connectivity index is 2.65. The molecule has 0 aliphatic carbocycles. The van der Waals surface area contributed by atoms with Crippen LogP contribution >= 0.6 is 15.9 Å². The molecular weight excluding hydrogens is 280 g/mol. The van der Waals surface area contributed by atoms with E-state index in [-0.39, 0.29) is 17.4 Å². The summed E-state index contributed by atoms with van der Waals surface area (Å²) in [6, 6.07) is 7.65. The molecule has 94 valence electrons. The minimum Gasteiger partial charge on any atom is -0.368 e. The normalized spacial score (nSPS) is 13.4. The second-order valence-electron chi connectivity index (χ2n) is 5.21. The van der Waals surface area contributed by atoms with Gasteiger partial charge in [0.1, 0.15) is 0 Å². The summed E-state index contributed by atoms with van der Waals surface area (Å²) in [6.07, 6.45) is 0. The van der Waals surface area contributed by atoms with Gasteiger partial charge in [-0.3, -0.25) is 4.79 Å². The lowest BCUT2D eigenvalue weighted by atomic mass is 9.86. The lowest BCUT2D eigenvalue weighted by Gasteiger charge is -2.28. The maximum atomic E-state index is 11.4. The maximum Gasteiger partial charge on any atom is 0.235 e. The van der Waals surface area contributed by atoms with Crippen molar-refractivity contribution in [3.05, 3.63) is 34.3 Å². The van der Waals surface area contributed by atoms with Gasteiger partial charge in [-0.05, 0) is 23.1 Å². The molecule has 1 rings (SSSR count). The fourth-order valence-electron chi connectivity index (χ4n) is 1.66. The number of carbonyl (C=O) groups excluding carboxylic acids is 1. The minimum absolute atomic E-state index is 0.179. The third-order valence-electron chi connectivity index (χ3n) is 2.57. The Hall–Kier alpha value is -0.870. The van der Waals surface area contributed by atoms with Gasteiger partial charge >= 0.3 is 0 Å². The van der Waals surface area contributed by atoms with Gasteiger partial charge in [-0.25, -0.2) is 0 Å². The molecule has 3 nitrogen and oxygen atoms in total. The topological polar surface area (TPSA) is 55.1 Å². The molecule has 0 aliphatic rings. The molecule has 4 heteroatoms. The second kappa shape index (κ2) is 5.65. The minimum atomic E-state index is -0.328. The van der Waals surface area contributed by atoms with E-state index in [1.54, 1.807) is 0 Å². The number of hydrogen-bond acceptors (Lipinski definition) is 2. The zero-order valence-electron chi connectivity index (χ0n) is 10.5. The van der Waals surface area contributed by atoms with Gasteiger partial charge in [-0.2, -0.15) is 0 Å². The van der Waals surface area contributed by atoms with Gasteiger partial charge in [0, 0.05) is 11.0 Å². The highest BCUT2D eigenvalue weighted by molar-refractivity contribution is 9.10. The Labute approximate surface area is 111 Å². The van der Waals surface area contributed by atoms with Crippen LogP contribution in [-0.4, -0.2) is 11.9 Å². The monoisotopic (exact) mass is 298 g/mol. The van der Waals surface area contributed by atoms with Crippen molar-refractivity contribution in [1.29, 1.82) is 0 Å². The standard InChI is InChI=1S/C13H19BrN2O/c1-13(2,3)11(12(15)17)16-8-9-4-6-10(14)7-5-9/h4-7,11,16H,8H2,1-3H3,(H2,15,17). The Morgan fingerprint density at radius 3 is 2.29 bits per heavy atom. The van der Waals surface area contributed by atoms with Crippen molar-refractivity contribution in [1.82, 2.24) is 5.32 Å². The van der Waals surface area contributed by atoms with Crippen LogP contribution in [0.1, 0.15) is 26.3 Å². The highest BCUT2D eigenvalue weighted by atomic mass is 79.9. The zero-order valence-corrected chi connectivity index (χ0v) is 12.0. The van der Waals surface area contributed by atoms with Crippen LogP contribution in [-0.2, 0) is 11.3 Å². The SMILES string of the molecule is CC(C)(C)C(NCc1ccc(Br)cc1)C(N)=O. The van der Waals surface area contributed by atoms with E-state index in [4.69, 9.17) is 5.73 Å². The first kappa shape index (κ1) is 14.2. The summed E-state index contributed by atoms with van der Waals surface area (Å²) in [6.45, 7) is 6.63. The van der Waals surface area contributed by atoms with Gasteiger partial charge < -0.3 is 11.1 Å². The molecule has 0 aromatic heterocycles. The molecule has 17 heavy (non-hydrogen) atoms. The summed E-state index contributed by atoms with van der Waals surface area (Å²) >= 11 is 3.39. The Morgan fingerprint density at radius 2 is 1.88 bits per heavy atom. The number of hydrogen-bond donors (Lipinski definition) is 2. The summed E-state index contributed by atoms with van der Waals surface area (Å²) in [5.41, 5.74) is 6.35. The summed E-state index contributed by atoms with van der Waals surface area (Å²) in [4.78, 5) is 11.4. The molecule has 0 radical (unpaired) electrons. The van der Waals surface area contributed by atoms with Crippen molar-refractivity contribution in [2.75, 3.05) is 0 Å². The molecule has 0 bridgehead atoms. The average molecular weight is 299 g/mol. The van der Waals surface area contributed by atoms with E-state index < -0.39 is 0 Å². The van der Waals surface area contributed by atoms with E-state index in [0.29, 0.717) is 6.54 Å². The lowest BCUT2D eigenvalue weighted by molar-refractivity contribution is -0.122. The molecule has 0 spiro atoms. The molecule has 0 saturated carbocycles. The van der Waals surface area contributed by atoms with Crippen LogP contribution in [0.3, 0.4) is 0 Å². The summed E-state index contributed by atoms with van der Waals surface area (Å²) in [5.74, 6) is -0.311. The van der Waals surface area contributed by atoms with Gasteiger partial charge in [0.25, 0.3) is 0 Å². The number of rotatable bonds is 4. The van der Waals surface area contributed by atoms with Crippen molar-refractivity contribution in [3.63, 3.8) is 0 Å². The van der Waals surface area contributed by atoms with Crippen LogP contribution in [0, 0.1) is 5.41 Å². The molecule has 0 fully saturated rings. The van der Waals surface area contributed by atoms with Crippen molar-refractivity contribution < 1.29 is 4.79 Å². The highest BCUT2D eigenvalue weighted by Crippen LogP contribution is 2.19. The number of benzene rings is 1. The predicted molar refractivity (Wildman–Crippen MR) is 73.4 cm³/mol. The summed E-state index contributed by atoms with van der Waals surface area (Å²) in [5, 5.41) is 3.21. The van der Waals surface area contributed by atoms with Crippen LogP contribution < -0.4 is 11.1 Å². The predicted octanol–water partition coefficient (Wildman–Crippen LogP) is 2.44. The molecule has 1 amide bonds. The molecular formula is C13H19BrN2O.